The van der Waals surface area contributed by atoms with Gasteiger partial charge in [-0.3, -0.25) is 0 Å². The van der Waals surface area contributed by atoms with Crippen LogP contribution in [0.1, 0.15) is 6.42 Å². The predicted molar refractivity (Wildman–Crippen MR) is 46.5 cm³/mol. The Morgan fingerprint density at radius 1 is 1.50 bits per heavy atom. The van der Waals surface area contributed by atoms with Crippen molar-refractivity contribution in [1.82, 2.24) is 0 Å². The van der Waals surface area contributed by atoms with Crippen molar-refractivity contribution in [2.45, 2.75) is 24.4 Å². The Balaban J connectivity index is 2.39. The normalized spacial score (nSPS) is 36.7. The highest BCUT2D eigenvalue weighted by Crippen LogP contribution is 2.23. The maximum absolute atomic E-state index is 5.71. The van der Waals surface area contributed by atoms with Crippen molar-refractivity contribution in [2.24, 2.45) is 0 Å². The lowest BCUT2D eigenvalue weighted by atomic mass is 9.80. The fraction of sp³-hybridized carbons (Fsp3) is 1.00. The first-order valence-corrected chi connectivity index (χ1v) is 4.16. The molecule has 3 nitrogen and oxygen atoms in total. The molecule has 0 aliphatic carbocycles. The van der Waals surface area contributed by atoms with E-state index < -0.39 is 0 Å². The van der Waals surface area contributed by atoms with Crippen LogP contribution >= 0.6 is 0 Å². The standard InChI is InChI=1S/C8H15BO3/c1-10-5-8-7(11-2)3-6(9)4-12-8/h6-8H,3-5H2,1-2H3. The van der Waals surface area contributed by atoms with Crippen molar-refractivity contribution >= 4 is 7.85 Å². The molecule has 0 bridgehead atoms. The summed E-state index contributed by atoms with van der Waals surface area (Å²) in [5, 5.41) is 0. The van der Waals surface area contributed by atoms with Gasteiger partial charge in [0.15, 0.2) is 0 Å². The second kappa shape index (κ2) is 4.85. The van der Waals surface area contributed by atoms with Crippen molar-refractivity contribution in [3.63, 3.8) is 0 Å². The average molecular weight is 170 g/mol. The molecule has 3 atom stereocenters. The largest absolute Gasteiger partial charge is 0.382 e. The molecule has 12 heavy (non-hydrogen) atoms. The Bertz CT molecular complexity index is 131. The van der Waals surface area contributed by atoms with Gasteiger partial charge in [0, 0.05) is 20.8 Å². The summed E-state index contributed by atoms with van der Waals surface area (Å²) in [7, 11) is 9.05. The van der Waals surface area contributed by atoms with Crippen LogP contribution in [0.25, 0.3) is 0 Å². The predicted octanol–water partition coefficient (Wildman–Crippen LogP) is 0.394. The third-order valence-electron chi connectivity index (χ3n) is 2.11. The van der Waals surface area contributed by atoms with E-state index in [9.17, 15) is 0 Å². The fourth-order valence-corrected chi connectivity index (χ4v) is 1.44. The summed E-state index contributed by atoms with van der Waals surface area (Å²) in [4.78, 5) is 0. The van der Waals surface area contributed by atoms with E-state index in [0.29, 0.717) is 13.2 Å². The summed E-state index contributed by atoms with van der Waals surface area (Å²) in [5.41, 5.74) is 0. The number of rotatable bonds is 3. The first-order chi connectivity index (χ1) is 5.77. The first kappa shape index (κ1) is 10.0. The van der Waals surface area contributed by atoms with E-state index in [-0.39, 0.29) is 18.0 Å². The van der Waals surface area contributed by atoms with Gasteiger partial charge in [0.25, 0.3) is 0 Å². The molecule has 0 N–H and O–H groups in total. The van der Waals surface area contributed by atoms with Crippen LogP contribution in [-0.4, -0.2) is 47.5 Å². The molecule has 1 heterocycles. The molecule has 0 aromatic rings. The van der Waals surface area contributed by atoms with Gasteiger partial charge in [-0.15, -0.1) is 0 Å². The topological polar surface area (TPSA) is 27.7 Å². The van der Waals surface area contributed by atoms with Crippen LogP contribution in [0.2, 0.25) is 5.82 Å². The lowest BCUT2D eigenvalue weighted by Gasteiger charge is -2.33. The van der Waals surface area contributed by atoms with Crippen LogP contribution < -0.4 is 0 Å². The minimum atomic E-state index is 0.0415. The van der Waals surface area contributed by atoms with Crippen molar-refractivity contribution in [1.29, 1.82) is 0 Å². The molecule has 0 saturated carbocycles. The van der Waals surface area contributed by atoms with Crippen LogP contribution in [-0.2, 0) is 14.2 Å². The highest BCUT2D eigenvalue weighted by Gasteiger charge is 2.28. The Hall–Kier alpha value is -0.0551. The van der Waals surface area contributed by atoms with Crippen LogP contribution in [0, 0.1) is 0 Å². The zero-order valence-corrected chi connectivity index (χ0v) is 7.66. The summed E-state index contributed by atoms with van der Waals surface area (Å²) in [5.74, 6) is 0.100. The van der Waals surface area contributed by atoms with Gasteiger partial charge in [-0.2, -0.15) is 0 Å². The molecule has 0 aromatic heterocycles. The van der Waals surface area contributed by atoms with Crippen LogP contribution in [0.4, 0.5) is 0 Å². The minimum Gasteiger partial charge on any atom is -0.382 e. The highest BCUT2D eigenvalue weighted by molar-refractivity contribution is 6.11. The smallest absolute Gasteiger partial charge is 0.107 e. The Morgan fingerprint density at radius 2 is 2.25 bits per heavy atom. The highest BCUT2D eigenvalue weighted by atomic mass is 16.6. The molecular formula is C8H15BO3. The fourth-order valence-electron chi connectivity index (χ4n) is 1.44. The van der Waals surface area contributed by atoms with Crippen LogP contribution in [0.3, 0.4) is 0 Å². The quantitative estimate of drug-likeness (QED) is 0.573. The van der Waals surface area contributed by atoms with E-state index in [2.05, 4.69) is 0 Å². The molecule has 0 aromatic carbocycles. The summed E-state index contributed by atoms with van der Waals surface area (Å²) >= 11 is 0. The number of ether oxygens (including phenoxy) is 3. The lowest BCUT2D eigenvalue weighted by Crippen LogP contribution is -2.40. The van der Waals surface area contributed by atoms with E-state index in [1.165, 1.54) is 0 Å². The molecular weight excluding hydrogens is 155 g/mol. The van der Waals surface area contributed by atoms with Crippen LogP contribution in [0.15, 0.2) is 0 Å². The van der Waals surface area contributed by atoms with Crippen molar-refractivity contribution in [3.8, 4) is 0 Å². The van der Waals surface area contributed by atoms with Gasteiger partial charge < -0.3 is 14.2 Å². The van der Waals surface area contributed by atoms with E-state index in [4.69, 9.17) is 22.1 Å². The number of methoxy groups -OCH3 is 2. The van der Waals surface area contributed by atoms with Crippen molar-refractivity contribution in [3.05, 3.63) is 0 Å². The molecule has 1 saturated heterocycles. The van der Waals surface area contributed by atoms with E-state index in [1.807, 2.05) is 0 Å². The third-order valence-corrected chi connectivity index (χ3v) is 2.11. The maximum Gasteiger partial charge on any atom is 0.107 e. The molecule has 1 aliphatic heterocycles. The van der Waals surface area contributed by atoms with Crippen molar-refractivity contribution in [2.75, 3.05) is 27.4 Å². The lowest BCUT2D eigenvalue weighted by molar-refractivity contribution is -0.113. The molecule has 1 fully saturated rings. The molecule has 1 aliphatic rings. The molecule has 0 amide bonds. The number of hydrogen-bond donors (Lipinski definition) is 0. The Labute approximate surface area is 74.8 Å². The van der Waals surface area contributed by atoms with Gasteiger partial charge in [-0.05, 0) is 6.42 Å². The van der Waals surface area contributed by atoms with Gasteiger partial charge >= 0.3 is 0 Å². The maximum atomic E-state index is 5.71. The van der Waals surface area contributed by atoms with E-state index in [0.717, 1.165) is 6.42 Å². The minimum absolute atomic E-state index is 0.0415. The van der Waals surface area contributed by atoms with Gasteiger partial charge in [-0.1, -0.05) is 5.82 Å². The zero-order chi connectivity index (χ0) is 8.97. The first-order valence-electron chi connectivity index (χ1n) is 4.16. The van der Waals surface area contributed by atoms with Gasteiger partial charge in [0.05, 0.1) is 20.6 Å². The average Bonchev–Trinajstić information content (AvgIpc) is 2.08. The van der Waals surface area contributed by atoms with E-state index >= 15 is 0 Å². The second-order valence-electron chi connectivity index (χ2n) is 3.10. The summed E-state index contributed by atoms with van der Waals surface area (Å²) in [6, 6.07) is 0. The molecule has 2 radical (unpaired) electrons. The molecule has 4 heteroatoms. The summed E-state index contributed by atoms with van der Waals surface area (Å²) < 4.78 is 15.7. The molecule has 1 rings (SSSR count). The van der Waals surface area contributed by atoms with Crippen LogP contribution in [0.5, 0.6) is 0 Å². The third kappa shape index (κ3) is 2.47. The van der Waals surface area contributed by atoms with Crippen molar-refractivity contribution < 1.29 is 14.2 Å². The Morgan fingerprint density at radius 3 is 2.83 bits per heavy atom. The zero-order valence-electron chi connectivity index (χ0n) is 7.66. The molecule has 68 valence electrons. The summed E-state index contributed by atoms with van der Waals surface area (Å²) in [6.07, 6.45) is 0.971. The SMILES string of the molecule is [B]C1COC(COC)C(OC)C1. The molecule has 3 unspecified atom stereocenters. The number of hydrogen-bond acceptors (Lipinski definition) is 3. The Kier molecular flexibility index (Phi) is 4.05. The van der Waals surface area contributed by atoms with Gasteiger partial charge in [0.1, 0.15) is 6.10 Å². The van der Waals surface area contributed by atoms with Gasteiger partial charge in [-0.25, -0.2) is 0 Å². The summed E-state index contributed by atoms with van der Waals surface area (Å²) in [6.45, 7) is 1.18. The second-order valence-corrected chi connectivity index (χ2v) is 3.10. The molecule has 0 spiro atoms. The monoisotopic (exact) mass is 170 g/mol. The van der Waals surface area contributed by atoms with E-state index in [1.54, 1.807) is 14.2 Å². The van der Waals surface area contributed by atoms with Gasteiger partial charge in [0.2, 0.25) is 0 Å².